The van der Waals surface area contributed by atoms with Crippen molar-refractivity contribution in [2.24, 2.45) is 0 Å². The van der Waals surface area contributed by atoms with Gasteiger partial charge in [0.25, 0.3) is 5.56 Å². The molecule has 4 heterocycles. The molecular formula is C30H36N3O9P. The first-order chi connectivity index (χ1) is 20.4. The molecule has 0 bridgehead atoms. The van der Waals surface area contributed by atoms with Crippen LogP contribution in [-0.4, -0.2) is 52.2 Å². The molecule has 0 aliphatic carbocycles. The summed E-state index contributed by atoms with van der Waals surface area (Å²) in [4.78, 5) is 43.3. The second kappa shape index (κ2) is 11.5. The monoisotopic (exact) mass is 613 g/mol. The summed E-state index contributed by atoms with van der Waals surface area (Å²) in [5, 5.41) is 14.6. The highest BCUT2D eigenvalue weighted by Crippen LogP contribution is 2.45. The third-order valence-corrected chi connectivity index (χ3v) is 9.66. The molecule has 12 nitrogen and oxygen atoms in total. The van der Waals surface area contributed by atoms with Gasteiger partial charge in [0.1, 0.15) is 24.7 Å². The first-order valence-corrected chi connectivity index (χ1v) is 16.0. The Bertz CT molecular complexity index is 1730. The van der Waals surface area contributed by atoms with Crippen molar-refractivity contribution in [3.05, 3.63) is 56.9 Å². The van der Waals surface area contributed by atoms with Gasteiger partial charge in [-0.1, -0.05) is 13.8 Å². The number of cyclic esters (lactones) is 1. The van der Waals surface area contributed by atoms with Crippen LogP contribution in [0.3, 0.4) is 0 Å². The maximum Gasteiger partial charge on any atom is 0.343 e. The zero-order chi connectivity index (χ0) is 31.3. The molecule has 0 saturated heterocycles. The summed E-state index contributed by atoms with van der Waals surface area (Å²) in [6.07, 6.45) is 0.0389. The number of aliphatic hydroxyl groups is 1. The standard InChI is InChI=1S/C30H36N3O9P/c1-7-19-20-11-18(42-43(38,15-39-6)32-17(5)28(35)41-16(3)4)9-10-24(20)31-26-21(19)13-33-25(26)12-23-22(27(33)34)14-40-29(36)30(23,37)8-2/h9-12,16-17,37H,7-8,13-15H2,1-6H3,(H,32,38)/t17-,30-,43-/m0/s1. The number of hydrogen-bond donors (Lipinski definition) is 2. The molecule has 1 aromatic carbocycles. The van der Waals surface area contributed by atoms with E-state index in [1.807, 2.05) is 6.92 Å². The van der Waals surface area contributed by atoms with E-state index in [-0.39, 0.29) is 54.5 Å². The van der Waals surface area contributed by atoms with Crippen molar-refractivity contribution < 1.29 is 38.0 Å². The second-order valence-electron chi connectivity index (χ2n) is 11.1. The Hall–Kier alpha value is -3.57. The van der Waals surface area contributed by atoms with Crippen LogP contribution in [0.2, 0.25) is 0 Å². The van der Waals surface area contributed by atoms with Crippen molar-refractivity contribution in [2.45, 2.75) is 78.4 Å². The first-order valence-electron chi connectivity index (χ1n) is 14.2. The molecule has 0 amide bonds. The van der Waals surface area contributed by atoms with Crippen LogP contribution in [0.25, 0.3) is 22.3 Å². The Balaban J connectivity index is 1.55. The van der Waals surface area contributed by atoms with E-state index in [0.29, 0.717) is 23.3 Å². The van der Waals surface area contributed by atoms with Gasteiger partial charge in [0, 0.05) is 23.6 Å². The fraction of sp³-hybridized carbons (Fsp3) is 0.467. The fourth-order valence-corrected chi connectivity index (χ4v) is 7.38. The van der Waals surface area contributed by atoms with Crippen molar-refractivity contribution in [2.75, 3.05) is 13.5 Å². The number of methoxy groups -OCH3 is 1. The molecule has 2 N–H and O–H groups in total. The number of esters is 2. The normalized spacial score (nSPS) is 19.3. The molecule has 230 valence electrons. The van der Waals surface area contributed by atoms with Gasteiger partial charge in [-0.15, -0.1) is 0 Å². The van der Waals surface area contributed by atoms with E-state index < -0.39 is 31.1 Å². The number of fused-ring (bicyclic) bond motifs is 5. The molecule has 43 heavy (non-hydrogen) atoms. The van der Waals surface area contributed by atoms with E-state index in [1.54, 1.807) is 56.5 Å². The molecule has 13 heteroatoms. The van der Waals surface area contributed by atoms with Gasteiger partial charge < -0.3 is 28.4 Å². The summed E-state index contributed by atoms with van der Waals surface area (Å²) in [7, 11) is -2.31. The summed E-state index contributed by atoms with van der Waals surface area (Å²) >= 11 is 0. The summed E-state index contributed by atoms with van der Waals surface area (Å²) in [5.41, 5.74) is 1.77. The second-order valence-corrected chi connectivity index (χ2v) is 13.1. The Morgan fingerprint density at radius 2 is 1.95 bits per heavy atom. The molecule has 3 atom stereocenters. The third kappa shape index (κ3) is 5.37. The van der Waals surface area contributed by atoms with Crippen LogP contribution in [0.5, 0.6) is 5.75 Å². The lowest BCUT2D eigenvalue weighted by Gasteiger charge is -2.31. The molecular weight excluding hydrogens is 577 g/mol. The number of nitrogens with zero attached hydrogens (tertiary/aromatic N) is 2. The molecule has 0 fully saturated rings. The quantitative estimate of drug-likeness (QED) is 0.198. The number of benzene rings is 1. The average Bonchev–Trinajstić information content (AvgIpc) is 3.32. The van der Waals surface area contributed by atoms with E-state index in [0.717, 1.165) is 16.5 Å². The Morgan fingerprint density at radius 1 is 1.21 bits per heavy atom. The lowest BCUT2D eigenvalue weighted by molar-refractivity contribution is -0.172. The number of nitrogens with one attached hydrogen (secondary N) is 1. The summed E-state index contributed by atoms with van der Waals surface area (Å²) in [6.45, 7) is 8.70. The van der Waals surface area contributed by atoms with Crippen LogP contribution in [0, 0.1) is 0 Å². The summed E-state index contributed by atoms with van der Waals surface area (Å²) < 4.78 is 36.8. The predicted octanol–water partition coefficient (Wildman–Crippen LogP) is 3.75. The average molecular weight is 614 g/mol. The Labute approximate surface area is 248 Å². The van der Waals surface area contributed by atoms with Gasteiger partial charge in [0.2, 0.25) is 0 Å². The van der Waals surface area contributed by atoms with Crippen LogP contribution in [0.15, 0.2) is 29.1 Å². The third-order valence-electron chi connectivity index (χ3n) is 7.78. The smallest absolute Gasteiger partial charge is 0.343 e. The Morgan fingerprint density at radius 3 is 2.60 bits per heavy atom. The topological polar surface area (TPSA) is 155 Å². The van der Waals surface area contributed by atoms with E-state index in [1.165, 1.54) is 7.11 Å². The minimum absolute atomic E-state index is 0.0577. The maximum atomic E-state index is 13.7. The lowest BCUT2D eigenvalue weighted by Crippen LogP contribution is -2.44. The number of rotatable bonds is 10. The molecule has 3 aromatic rings. The maximum absolute atomic E-state index is 13.7. The van der Waals surface area contributed by atoms with Crippen LogP contribution >= 0.6 is 7.52 Å². The molecule has 0 unspecified atom stereocenters. The number of pyridine rings is 2. The predicted molar refractivity (Wildman–Crippen MR) is 158 cm³/mol. The van der Waals surface area contributed by atoms with Crippen LogP contribution < -0.4 is 15.2 Å². The van der Waals surface area contributed by atoms with Crippen molar-refractivity contribution in [3.8, 4) is 17.1 Å². The minimum atomic E-state index is -3.70. The van der Waals surface area contributed by atoms with E-state index in [2.05, 4.69) is 5.09 Å². The van der Waals surface area contributed by atoms with Gasteiger partial charge >= 0.3 is 19.5 Å². The summed E-state index contributed by atoms with van der Waals surface area (Å²) in [5.74, 6) is -1.05. The molecule has 2 aliphatic heterocycles. The lowest BCUT2D eigenvalue weighted by atomic mass is 9.86. The van der Waals surface area contributed by atoms with Gasteiger partial charge in [0.05, 0.1) is 35.1 Å². The zero-order valence-electron chi connectivity index (χ0n) is 25.1. The van der Waals surface area contributed by atoms with Gasteiger partial charge in [-0.05, 0) is 63.4 Å². The van der Waals surface area contributed by atoms with E-state index >= 15 is 0 Å². The van der Waals surface area contributed by atoms with Crippen LogP contribution in [0.4, 0.5) is 0 Å². The number of carbonyl (C=O) groups is 2. The number of carbonyl (C=O) groups excluding carboxylic acids is 2. The van der Waals surface area contributed by atoms with E-state index in [9.17, 15) is 24.1 Å². The first kappa shape index (κ1) is 30.9. The van der Waals surface area contributed by atoms with Crippen molar-refractivity contribution >= 4 is 30.4 Å². The molecule has 0 radical (unpaired) electrons. The highest BCUT2D eigenvalue weighted by molar-refractivity contribution is 7.57. The zero-order valence-corrected chi connectivity index (χ0v) is 25.9. The molecule has 0 spiro atoms. The number of ether oxygens (including phenoxy) is 3. The van der Waals surface area contributed by atoms with E-state index in [4.69, 9.17) is 23.7 Å². The number of aromatic nitrogens is 2. The van der Waals surface area contributed by atoms with Gasteiger partial charge in [-0.25, -0.2) is 14.9 Å². The van der Waals surface area contributed by atoms with Gasteiger partial charge in [0.15, 0.2) is 5.60 Å². The van der Waals surface area contributed by atoms with Gasteiger partial charge in [-0.3, -0.25) is 14.2 Å². The van der Waals surface area contributed by atoms with Crippen molar-refractivity contribution in [3.63, 3.8) is 0 Å². The molecule has 2 aliphatic rings. The van der Waals surface area contributed by atoms with Crippen LogP contribution in [0.1, 0.15) is 63.3 Å². The largest absolute Gasteiger partial charge is 0.462 e. The van der Waals surface area contributed by atoms with Crippen molar-refractivity contribution in [1.29, 1.82) is 0 Å². The highest BCUT2D eigenvalue weighted by atomic mass is 31.2. The SMILES string of the molecule is CCc1c2c(nc3ccc(O[P@@](=O)(COC)N[C@@H](C)C(=O)OC(C)C)cc13)-c1cc3c(c(=O)n1C2)COC(=O)[C@]3(O)CC. The molecule has 5 rings (SSSR count). The summed E-state index contributed by atoms with van der Waals surface area (Å²) in [6, 6.07) is 5.87. The molecule has 2 aromatic heterocycles. The van der Waals surface area contributed by atoms with Crippen LogP contribution in [-0.2, 0) is 53.5 Å². The van der Waals surface area contributed by atoms with Gasteiger partial charge in [-0.2, -0.15) is 0 Å². The Kier molecular flexibility index (Phi) is 8.26. The highest BCUT2D eigenvalue weighted by Gasteiger charge is 2.45. The number of aryl methyl sites for hydroxylation is 1. The fourth-order valence-electron chi connectivity index (χ4n) is 5.71. The van der Waals surface area contributed by atoms with Crippen molar-refractivity contribution in [1.82, 2.24) is 14.6 Å². The minimum Gasteiger partial charge on any atom is -0.462 e. The molecule has 0 saturated carbocycles. The number of hydrogen-bond acceptors (Lipinski definition) is 10.